The van der Waals surface area contributed by atoms with Crippen molar-refractivity contribution < 1.29 is 29.0 Å². The standard InChI is InChI=1S/C18H19N3O6/c1-3-26-13(22)10-12-14(18(25)27-4-2)15(19-17(12)24)20-21-16(23)11-8-6-5-7-9-11/h5-9,19,24H,3-4,10H2,1-2H3. The Bertz CT molecular complexity index is 857. The third-order valence-corrected chi connectivity index (χ3v) is 3.43. The first-order valence-corrected chi connectivity index (χ1v) is 8.25. The van der Waals surface area contributed by atoms with Gasteiger partial charge in [-0.2, -0.15) is 0 Å². The Morgan fingerprint density at radius 3 is 2.37 bits per heavy atom. The Labute approximate surface area is 155 Å². The summed E-state index contributed by atoms with van der Waals surface area (Å²) in [5.74, 6) is -2.72. The summed E-state index contributed by atoms with van der Waals surface area (Å²) < 4.78 is 9.78. The molecule has 0 atom stereocenters. The fourth-order valence-electron chi connectivity index (χ4n) is 2.27. The minimum atomic E-state index is -0.811. The number of aromatic hydroxyl groups is 1. The molecule has 0 unspecified atom stereocenters. The SMILES string of the molecule is CCOC(=O)Cc1c(O)[nH]c(N=NC(=O)c2ccccc2)c1C(=O)OCC. The summed E-state index contributed by atoms with van der Waals surface area (Å²) in [6, 6.07) is 8.21. The normalized spacial score (nSPS) is 10.7. The Morgan fingerprint density at radius 1 is 1.07 bits per heavy atom. The first-order chi connectivity index (χ1) is 13.0. The number of nitrogens with zero attached hydrogens (tertiary/aromatic N) is 2. The molecule has 2 N–H and O–H groups in total. The Morgan fingerprint density at radius 2 is 1.74 bits per heavy atom. The van der Waals surface area contributed by atoms with Gasteiger partial charge in [0.15, 0.2) is 11.7 Å². The van der Waals surface area contributed by atoms with Crippen LogP contribution in [0.2, 0.25) is 0 Å². The monoisotopic (exact) mass is 373 g/mol. The van der Waals surface area contributed by atoms with Crippen LogP contribution in [-0.2, 0) is 20.7 Å². The molecule has 9 nitrogen and oxygen atoms in total. The van der Waals surface area contributed by atoms with Crippen LogP contribution in [0, 0.1) is 0 Å². The van der Waals surface area contributed by atoms with E-state index in [1.54, 1.807) is 44.2 Å². The van der Waals surface area contributed by atoms with E-state index in [0.717, 1.165) is 0 Å². The van der Waals surface area contributed by atoms with E-state index in [0.29, 0.717) is 5.56 Å². The van der Waals surface area contributed by atoms with Gasteiger partial charge in [0.2, 0.25) is 0 Å². The Hall–Kier alpha value is -3.49. The lowest BCUT2D eigenvalue weighted by Gasteiger charge is -2.05. The number of rotatable bonds is 7. The van der Waals surface area contributed by atoms with Gasteiger partial charge in [-0.15, -0.1) is 10.2 Å². The smallest absolute Gasteiger partial charge is 0.342 e. The lowest BCUT2D eigenvalue weighted by atomic mass is 10.1. The summed E-state index contributed by atoms with van der Waals surface area (Å²) in [6.45, 7) is 3.46. The van der Waals surface area contributed by atoms with E-state index in [2.05, 4.69) is 15.2 Å². The Balaban J connectivity index is 2.37. The zero-order valence-corrected chi connectivity index (χ0v) is 14.9. The predicted molar refractivity (Wildman–Crippen MR) is 94.0 cm³/mol. The lowest BCUT2D eigenvalue weighted by molar-refractivity contribution is -0.142. The molecule has 0 saturated heterocycles. The van der Waals surface area contributed by atoms with E-state index in [4.69, 9.17) is 9.47 Å². The van der Waals surface area contributed by atoms with Crippen molar-refractivity contribution in [1.82, 2.24) is 4.98 Å². The van der Waals surface area contributed by atoms with Gasteiger partial charge in [0.1, 0.15) is 5.56 Å². The highest BCUT2D eigenvalue weighted by atomic mass is 16.5. The van der Waals surface area contributed by atoms with Gasteiger partial charge < -0.3 is 19.6 Å². The fourth-order valence-corrected chi connectivity index (χ4v) is 2.27. The highest BCUT2D eigenvalue weighted by Crippen LogP contribution is 2.32. The molecule has 0 saturated carbocycles. The molecule has 0 bridgehead atoms. The molecule has 1 amide bonds. The molecule has 2 aromatic rings. The van der Waals surface area contributed by atoms with Gasteiger partial charge in [-0.05, 0) is 26.0 Å². The second-order valence-corrected chi connectivity index (χ2v) is 5.25. The van der Waals surface area contributed by atoms with Crippen LogP contribution in [0.25, 0.3) is 0 Å². The number of azo groups is 1. The average Bonchev–Trinajstić information content (AvgIpc) is 2.96. The van der Waals surface area contributed by atoms with Crippen molar-refractivity contribution in [1.29, 1.82) is 0 Å². The summed E-state index contributed by atoms with van der Waals surface area (Å²) in [5.41, 5.74) is 0.0986. The first-order valence-electron chi connectivity index (χ1n) is 8.25. The van der Waals surface area contributed by atoms with E-state index >= 15 is 0 Å². The number of benzene rings is 1. The maximum Gasteiger partial charge on any atom is 0.342 e. The first kappa shape index (κ1) is 19.8. The van der Waals surface area contributed by atoms with Crippen LogP contribution in [-0.4, -0.2) is 41.2 Å². The number of aromatic nitrogens is 1. The average molecular weight is 373 g/mol. The highest BCUT2D eigenvalue weighted by Gasteiger charge is 2.27. The molecule has 0 aliphatic rings. The number of hydrogen-bond donors (Lipinski definition) is 2. The third kappa shape index (κ3) is 5.00. The Kier molecular flexibility index (Phi) is 6.81. The van der Waals surface area contributed by atoms with Crippen LogP contribution in [0.1, 0.15) is 40.1 Å². The number of amides is 1. The summed E-state index contributed by atoms with van der Waals surface area (Å²) >= 11 is 0. The zero-order valence-electron chi connectivity index (χ0n) is 14.9. The maximum absolute atomic E-state index is 12.3. The third-order valence-electron chi connectivity index (χ3n) is 3.43. The summed E-state index contributed by atoms with van der Waals surface area (Å²) in [4.78, 5) is 38.5. The minimum Gasteiger partial charge on any atom is -0.494 e. The van der Waals surface area contributed by atoms with Crippen molar-refractivity contribution >= 4 is 23.7 Å². The van der Waals surface area contributed by atoms with Gasteiger partial charge >= 0.3 is 11.9 Å². The van der Waals surface area contributed by atoms with E-state index in [9.17, 15) is 19.5 Å². The van der Waals surface area contributed by atoms with Crippen LogP contribution in [0.5, 0.6) is 5.88 Å². The molecular weight excluding hydrogens is 354 g/mol. The number of esters is 2. The maximum atomic E-state index is 12.3. The van der Waals surface area contributed by atoms with Gasteiger partial charge in [-0.3, -0.25) is 9.59 Å². The number of nitrogens with one attached hydrogen (secondary N) is 1. The highest BCUT2D eigenvalue weighted by molar-refractivity contribution is 5.99. The van der Waals surface area contributed by atoms with Gasteiger partial charge in [0.05, 0.1) is 19.6 Å². The zero-order chi connectivity index (χ0) is 19.8. The number of H-pyrrole nitrogens is 1. The molecule has 1 aromatic carbocycles. The molecule has 2 rings (SSSR count). The number of carbonyl (C=O) groups excluding carboxylic acids is 3. The van der Waals surface area contributed by atoms with Crippen LogP contribution in [0.4, 0.5) is 5.82 Å². The number of carbonyl (C=O) groups is 3. The van der Waals surface area contributed by atoms with Gasteiger partial charge in [-0.1, -0.05) is 18.2 Å². The molecule has 0 fully saturated rings. The topological polar surface area (TPSA) is 130 Å². The van der Waals surface area contributed by atoms with Crippen molar-refractivity contribution in [2.45, 2.75) is 20.3 Å². The van der Waals surface area contributed by atoms with Crippen LogP contribution in [0.3, 0.4) is 0 Å². The molecule has 1 heterocycles. The van der Waals surface area contributed by atoms with E-state index in [1.807, 2.05) is 0 Å². The molecular formula is C18H19N3O6. The largest absolute Gasteiger partial charge is 0.494 e. The van der Waals surface area contributed by atoms with Crippen molar-refractivity contribution in [3.63, 3.8) is 0 Å². The minimum absolute atomic E-state index is 0.0342. The number of ether oxygens (including phenoxy) is 2. The van der Waals surface area contributed by atoms with Crippen molar-refractivity contribution in [3.8, 4) is 5.88 Å². The van der Waals surface area contributed by atoms with Crippen LogP contribution in [0.15, 0.2) is 40.6 Å². The molecule has 0 aliphatic heterocycles. The second kappa shape index (κ2) is 9.27. The molecule has 0 spiro atoms. The summed E-state index contributed by atoms with van der Waals surface area (Å²) in [5, 5.41) is 17.4. The van der Waals surface area contributed by atoms with E-state index in [1.165, 1.54) is 0 Å². The summed E-state index contributed by atoms with van der Waals surface area (Å²) in [7, 11) is 0. The fraction of sp³-hybridized carbons (Fsp3) is 0.278. The number of aromatic amines is 1. The van der Waals surface area contributed by atoms with Gasteiger partial charge in [0, 0.05) is 11.1 Å². The molecule has 0 radical (unpaired) electrons. The van der Waals surface area contributed by atoms with Crippen molar-refractivity contribution in [3.05, 3.63) is 47.0 Å². The van der Waals surface area contributed by atoms with E-state index in [-0.39, 0.29) is 36.6 Å². The van der Waals surface area contributed by atoms with Crippen LogP contribution < -0.4 is 0 Å². The molecule has 27 heavy (non-hydrogen) atoms. The second-order valence-electron chi connectivity index (χ2n) is 5.25. The summed E-state index contributed by atoms with van der Waals surface area (Å²) in [6.07, 6.45) is -0.369. The predicted octanol–water partition coefficient (Wildman–Crippen LogP) is 2.93. The number of hydrogen-bond acceptors (Lipinski definition) is 7. The van der Waals surface area contributed by atoms with E-state index < -0.39 is 23.7 Å². The molecule has 142 valence electrons. The van der Waals surface area contributed by atoms with Crippen LogP contribution >= 0.6 is 0 Å². The molecule has 1 aromatic heterocycles. The quantitative estimate of drug-likeness (QED) is 0.567. The van der Waals surface area contributed by atoms with Gasteiger partial charge in [0.25, 0.3) is 5.91 Å². The molecule has 0 aliphatic carbocycles. The van der Waals surface area contributed by atoms with Crippen molar-refractivity contribution in [2.75, 3.05) is 13.2 Å². The van der Waals surface area contributed by atoms with Crippen molar-refractivity contribution in [2.24, 2.45) is 10.2 Å². The lowest BCUT2D eigenvalue weighted by Crippen LogP contribution is -2.12. The molecule has 9 heteroatoms. The van der Waals surface area contributed by atoms with Gasteiger partial charge in [-0.25, -0.2) is 4.79 Å².